The maximum atomic E-state index is 5.92. The summed E-state index contributed by atoms with van der Waals surface area (Å²) in [5, 5.41) is 3.30. The Morgan fingerprint density at radius 2 is 2.15 bits per heavy atom. The van der Waals surface area contributed by atoms with Gasteiger partial charge in [0.25, 0.3) is 0 Å². The average Bonchev–Trinajstić information content (AvgIpc) is 2.94. The van der Waals surface area contributed by atoms with Crippen molar-refractivity contribution >= 4 is 11.3 Å². The van der Waals surface area contributed by atoms with E-state index in [1.165, 1.54) is 10.4 Å². The van der Waals surface area contributed by atoms with Crippen LogP contribution in [0.15, 0.2) is 16.0 Å². The van der Waals surface area contributed by atoms with E-state index in [0.29, 0.717) is 0 Å². The van der Waals surface area contributed by atoms with E-state index in [1.54, 1.807) is 11.3 Å². The molecule has 0 aromatic carbocycles. The second kappa shape index (κ2) is 7.02. The highest BCUT2D eigenvalue weighted by atomic mass is 32.1. The van der Waals surface area contributed by atoms with Crippen molar-refractivity contribution in [2.24, 2.45) is 0 Å². The van der Waals surface area contributed by atoms with Crippen LogP contribution in [-0.2, 0) is 19.6 Å². The Balaban J connectivity index is 1.94. The molecule has 110 valence electrons. The third kappa shape index (κ3) is 3.91. The molecule has 0 radical (unpaired) electrons. The predicted octanol–water partition coefficient (Wildman–Crippen LogP) is 3.09. The number of aromatic nitrogens is 1. The number of nitrogens with one attached hydrogen (secondary N) is 1. The van der Waals surface area contributed by atoms with Gasteiger partial charge < -0.3 is 9.73 Å². The summed E-state index contributed by atoms with van der Waals surface area (Å²) >= 11 is 1.71. The van der Waals surface area contributed by atoms with Gasteiger partial charge in [0.05, 0.1) is 24.3 Å². The Kier molecular flexibility index (Phi) is 5.34. The summed E-state index contributed by atoms with van der Waals surface area (Å²) in [6, 6.07) is 2.14. The first-order valence-corrected chi connectivity index (χ1v) is 7.84. The standard InChI is InChI=1S/C15H23N3OS/c1-5-16-7-14-11(2)6-13(19-14)8-18(4)9-15-12(3)17-10-20-15/h6,10,16H,5,7-9H2,1-4H3. The van der Waals surface area contributed by atoms with E-state index in [0.717, 1.165) is 43.4 Å². The SMILES string of the molecule is CCNCc1oc(CN(C)Cc2scnc2C)cc1C. The van der Waals surface area contributed by atoms with Crippen molar-refractivity contribution < 1.29 is 4.42 Å². The van der Waals surface area contributed by atoms with E-state index >= 15 is 0 Å². The van der Waals surface area contributed by atoms with Gasteiger partial charge >= 0.3 is 0 Å². The van der Waals surface area contributed by atoms with Gasteiger partial charge in [-0.15, -0.1) is 11.3 Å². The summed E-state index contributed by atoms with van der Waals surface area (Å²) in [5.74, 6) is 2.07. The highest BCUT2D eigenvalue weighted by molar-refractivity contribution is 7.09. The monoisotopic (exact) mass is 293 g/mol. The molecule has 0 aliphatic carbocycles. The van der Waals surface area contributed by atoms with Crippen LogP contribution in [0.3, 0.4) is 0 Å². The third-order valence-corrected chi connectivity index (χ3v) is 4.21. The molecule has 1 N–H and O–H groups in total. The van der Waals surface area contributed by atoms with Gasteiger partial charge in [-0.2, -0.15) is 0 Å². The Morgan fingerprint density at radius 1 is 1.35 bits per heavy atom. The maximum Gasteiger partial charge on any atom is 0.120 e. The molecule has 2 heterocycles. The van der Waals surface area contributed by atoms with Crippen molar-refractivity contribution in [2.75, 3.05) is 13.6 Å². The van der Waals surface area contributed by atoms with E-state index in [-0.39, 0.29) is 0 Å². The maximum absolute atomic E-state index is 5.92. The summed E-state index contributed by atoms with van der Waals surface area (Å²) < 4.78 is 5.92. The normalized spacial score (nSPS) is 11.4. The van der Waals surface area contributed by atoms with Crippen molar-refractivity contribution in [3.63, 3.8) is 0 Å². The fraction of sp³-hybridized carbons (Fsp3) is 0.533. The zero-order chi connectivity index (χ0) is 14.5. The lowest BCUT2D eigenvalue weighted by atomic mass is 10.2. The molecular weight excluding hydrogens is 270 g/mol. The lowest BCUT2D eigenvalue weighted by Gasteiger charge is -2.14. The van der Waals surface area contributed by atoms with E-state index in [2.05, 4.69) is 49.1 Å². The predicted molar refractivity (Wildman–Crippen MR) is 82.8 cm³/mol. The molecule has 2 rings (SSSR count). The lowest BCUT2D eigenvalue weighted by Crippen LogP contribution is -2.16. The molecule has 0 saturated heterocycles. The highest BCUT2D eigenvalue weighted by Gasteiger charge is 2.11. The molecule has 0 spiro atoms. The van der Waals surface area contributed by atoms with Gasteiger partial charge in [0.1, 0.15) is 11.5 Å². The molecule has 0 aliphatic rings. The van der Waals surface area contributed by atoms with Crippen LogP contribution >= 0.6 is 11.3 Å². The molecule has 0 saturated carbocycles. The zero-order valence-electron chi connectivity index (χ0n) is 12.7. The number of furan rings is 1. The summed E-state index contributed by atoms with van der Waals surface area (Å²) in [6.45, 7) is 9.77. The second-order valence-corrected chi connectivity index (χ2v) is 6.07. The first kappa shape index (κ1) is 15.2. The van der Waals surface area contributed by atoms with Crippen LogP contribution in [0.5, 0.6) is 0 Å². The molecule has 20 heavy (non-hydrogen) atoms. The number of aryl methyl sites for hydroxylation is 2. The van der Waals surface area contributed by atoms with Crippen molar-refractivity contribution in [1.29, 1.82) is 0 Å². The van der Waals surface area contributed by atoms with Crippen molar-refractivity contribution in [3.05, 3.63) is 39.2 Å². The topological polar surface area (TPSA) is 41.3 Å². The van der Waals surface area contributed by atoms with Crippen LogP contribution in [0, 0.1) is 13.8 Å². The lowest BCUT2D eigenvalue weighted by molar-refractivity contribution is 0.284. The van der Waals surface area contributed by atoms with Crippen molar-refractivity contribution in [2.45, 2.75) is 40.4 Å². The quantitative estimate of drug-likeness (QED) is 0.851. The number of thiazole rings is 1. The van der Waals surface area contributed by atoms with Crippen LogP contribution in [0.4, 0.5) is 0 Å². The summed E-state index contributed by atoms with van der Waals surface area (Å²) in [5.41, 5.74) is 4.26. The summed E-state index contributed by atoms with van der Waals surface area (Å²) in [7, 11) is 2.11. The van der Waals surface area contributed by atoms with Crippen LogP contribution < -0.4 is 5.32 Å². The largest absolute Gasteiger partial charge is 0.463 e. The minimum Gasteiger partial charge on any atom is -0.463 e. The van der Waals surface area contributed by atoms with Gasteiger partial charge in [-0.05, 0) is 39.1 Å². The molecule has 2 aromatic rings. The van der Waals surface area contributed by atoms with E-state index in [4.69, 9.17) is 4.42 Å². The molecule has 0 bridgehead atoms. The third-order valence-electron chi connectivity index (χ3n) is 3.29. The van der Waals surface area contributed by atoms with Gasteiger partial charge in [-0.1, -0.05) is 6.92 Å². The summed E-state index contributed by atoms with van der Waals surface area (Å²) in [4.78, 5) is 7.87. The first-order chi connectivity index (χ1) is 9.60. The van der Waals surface area contributed by atoms with Crippen molar-refractivity contribution in [1.82, 2.24) is 15.2 Å². The molecule has 0 aliphatic heterocycles. The Labute approximate surface area is 124 Å². The van der Waals surface area contributed by atoms with E-state index < -0.39 is 0 Å². The van der Waals surface area contributed by atoms with Crippen LogP contribution in [0.2, 0.25) is 0 Å². The second-order valence-electron chi connectivity index (χ2n) is 5.13. The van der Waals surface area contributed by atoms with E-state index in [9.17, 15) is 0 Å². The van der Waals surface area contributed by atoms with Gasteiger partial charge in [0, 0.05) is 11.4 Å². The van der Waals surface area contributed by atoms with Gasteiger partial charge in [0.15, 0.2) is 0 Å². The van der Waals surface area contributed by atoms with Gasteiger partial charge in [-0.3, -0.25) is 4.90 Å². The van der Waals surface area contributed by atoms with Crippen LogP contribution in [0.1, 0.15) is 34.6 Å². The smallest absolute Gasteiger partial charge is 0.120 e. The highest BCUT2D eigenvalue weighted by Crippen LogP contribution is 2.19. The molecular formula is C15H23N3OS. The number of nitrogens with zero attached hydrogens (tertiary/aromatic N) is 2. The minimum atomic E-state index is 0.806. The molecule has 0 amide bonds. The Hall–Kier alpha value is -1.17. The number of rotatable bonds is 7. The molecule has 5 heteroatoms. The van der Waals surface area contributed by atoms with Gasteiger partial charge in [0.2, 0.25) is 0 Å². The first-order valence-electron chi connectivity index (χ1n) is 6.96. The zero-order valence-corrected chi connectivity index (χ0v) is 13.5. The Bertz CT molecular complexity index is 547. The number of hydrogen-bond acceptors (Lipinski definition) is 5. The molecule has 0 unspecified atom stereocenters. The fourth-order valence-corrected chi connectivity index (χ4v) is 2.98. The van der Waals surface area contributed by atoms with Crippen LogP contribution in [0.25, 0.3) is 0 Å². The fourth-order valence-electron chi connectivity index (χ4n) is 2.13. The molecule has 0 fully saturated rings. The van der Waals surface area contributed by atoms with Crippen LogP contribution in [-0.4, -0.2) is 23.5 Å². The number of hydrogen-bond donors (Lipinski definition) is 1. The average molecular weight is 293 g/mol. The molecule has 0 atom stereocenters. The summed E-state index contributed by atoms with van der Waals surface area (Å²) in [6.07, 6.45) is 0. The van der Waals surface area contributed by atoms with E-state index in [1.807, 2.05) is 5.51 Å². The van der Waals surface area contributed by atoms with Crippen molar-refractivity contribution in [3.8, 4) is 0 Å². The minimum absolute atomic E-state index is 0.806. The van der Waals surface area contributed by atoms with Gasteiger partial charge in [-0.25, -0.2) is 4.98 Å². The molecule has 4 nitrogen and oxygen atoms in total. The molecule has 2 aromatic heterocycles. The Morgan fingerprint density at radius 3 is 2.80 bits per heavy atom.